The molecule has 0 unspecified atom stereocenters. The van der Waals surface area contributed by atoms with Crippen molar-refractivity contribution in [2.75, 3.05) is 25.0 Å². The average molecular weight is 397 g/mol. The summed E-state index contributed by atoms with van der Waals surface area (Å²) in [5.41, 5.74) is 7.21. The van der Waals surface area contributed by atoms with Crippen molar-refractivity contribution in [1.82, 2.24) is 4.90 Å². The number of primary amides is 1. The Hall–Kier alpha value is -2.77. The minimum Gasteiger partial charge on any atom is -0.365 e. The highest BCUT2D eigenvalue weighted by Crippen LogP contribution is 2.39. The van der Waals surface area contributed by atoms with Crippen LogP contribution < -0.4 is 11.1 Å². The zero-order valence-corrected chi connectivity index (χ0v) is 16.0. The second kappa shape index (κ2) is 7.69. The number of likely N-dealkylation sites (tertiary alicyclic amines) is 1. The molecule has 2 heterocycles. The summed E-state index contributed by atoms with van der Waals surface area (Å²) in [6.45, 7) is 1.71. The van der Waals surface area contributed by atoms with Gasteiger partial charge < -0.3 is 11.1 Å². The Labute approximate surface area is 165 Å². The van der Waals surface area contributed by atoms with Crippen LogP contribution in [0.2, 0.25) is 0 Å². The molecule has 0 spiro atoms. The lowest BCUT2D eigenvalue weighted by molar-refractivity contribution is -0.117. The number of benzene rings is 2. The first-order valence-electron chi connectivity index (χ1n) is 9.10. The first kappa shape index (κ1) is 18.6. The molecule has 1 aromatic heterocycles. The molecule has 0 saturated carbocycles. The second-order valence-electron chi connectivity index (χ2n) is 6.98. The van der Waals surface area contributed by atoms with Crippen molar-refractivity contribution in [2.24, 2.45) is 5.73 Å². The molecule has 0 bridgehead atoms. The van der Waals surface area contributed by atoms with Gasteiger partial charge in [0.15, 0.2) is 0 Å². The summed E-state index contributed by atoms with van der Waals surface area (Å²) in [5, 5.41) is 3.86. The fraction of sp³-hybridized carbons (Fsp3) is 0.238. The highest BCUT2D eigenvalue weighted by molar-refractivity contribution is 7.21. The molecular formula is C21H20FN3O2S. The summed E-state index contributed by atoms with van der Waals surface area (Å²) in [6.07, 6.45) is 0.866. The van der Waals surface area contributed by atoms with Crippen molar-refractivity contribution in [3.05, 3.63) is 64.8 Å². The summed E-state index contributed by atoms with van der Waals surface area (Å²) >= 11 is 1.43. The average Bonchev–Trinajstić information content (AvgIpc) is 3.27. The third kappa shape index (κ3) is 3.76. The molecule has 5 nitrogen and oxygen atoms in total. The lowest BCUT2D eigenvalue weighted by atomic mass is 9.95. The zero-order chi connectivity index (χ0) is 19.7. The van der Waals surface area contributed by atoms with Gasteiger partial charge in [-0.25, -0.2) is 4.39 Å². The number of hydrogen-bond acceptors (Lipinski definition) is 4. The van der Waals surface area contributed by atoms with Gasteiger partial charge in [0.2, 0.25) is 5.91 Å². The number of nitrogens with one attached hydrogen (secondary N) is 1. The van der Waals surface area contributed by atoms with E-state index in [1.54, 1.807) is 0 Å². The predicted octanol–water partition coefficient (Wildman–Crippen LogP) is 3.57. The molecule has 1 atom stereocenters. The first-order chi connectivity index (χ1) is 13.5. The van der Waals surface area contributed by atoms with E-state index in [0.717, 1.165) is 28.6 Å². The second-order valence-corrected chi connectivity index (χ2v) is 8.03. The molecule has 144 valence electrons. The molecule has 0 radical (unpaired) electrons. The lowest BCUT2D eigenvalue weighted by Gasteiger charge is -2.16. The van der Waals surface area contributed by atoms with Crippen molar-refractivity contribution < 1.29 is 14.0 Å². The Morgan fingerprint density at radius 1 is 1.18 bits per heavy atom. The minimum absolute atomic E-state index is 0.141. The third-order valence-electron chi connectivity index (χ3n) is 5.03. The number of carbonyl (C=O) groups is 2. The van der Waals surface area contributed by atoms with Crippen LogP contribution in [0.5, 0.6) is 0 Å². The van der Waals surface area contributed by atoms with Gasteiger partial charge in [-0.05, 0) is 54.2 Å². The standard InChI is InChI=1S/C21H20FN3O2S/c22-14-5-7-15(8-6-14)24-18(26)12-25-10-9-13(11-25)19-16-3-1-2-4-17(16)28-20(19)21(23)27/h1-8,13H,9-12H2,(H2,23,27)(H,24,26)/t13-/m0/s1. The fourth-order valence-electron chi connectivity index (χ4n) is 3.80. The maximum Gasteiger partial charge on any atom is 0.259 e. The van der Waals surface area contributed by atoms with Crippen molar-refractivity contribution in [1.29, 1.82) is 0 Å². The van der Waals surface area contributed by atoms with Gasteiger partial charge in [0.05, 0.1) is 11.4 Å². The molecule has 1 saturated heterocycles. The Balaban J connectivity index is 1.46. The molecule has 28 heavy (non-hydrogen) atoms. The highest BCUT2D eigenvalue weighted by Gasteiger charge is 2.30. The van der Waals surface area contributed by atoms with Crippen LogP contribution in [0.25, 0.3) is 10.1 Å². The topological polar surface area (TPSA) is 75.4 Å². The molecule has 2 amide bonds. The number of hydrogen-bond donors (Lipinski definition) is 2. The molecule has 3 aromatic rings. The minimum atomic E-state index is -0.399. The molecule has 1 fully saturated rings. The van der Waals surface area contributed by atoms with Gasteiger partial charge in [-0.3, -0.25) is 14.5 Å². The quantitative estimate of drug-likeness (QED) is 0.691. The van der Waals surface area contributed by atoms with E-state index in [0.29, 0.717) is 17.1 Å². The lowest BCUT2D eigenvalue weighted by Crippen LogP contribution is -2.31. The van der Waals surface area contributed by atoms with Crippen molar-refractivity contribution in [3.8, 4) is 0 Å². The van der Waals surface area contributed by atoms with E-state index in [1.807, 2.05) is 24.3 Å². The van der Waals surface area contributed by atoms with Gasteiger partial charge in [-0.1, -0.05) is 18.2 Å². The molecular weight excluding hydrogens is 377 g/mol. The first-order valence-corrected chi connectivity index (χ1v) is 9.92. The molecule has 2 aromatic carbocycles. The van der Waals surface area contributed by atoms with Crippen LogP contribution in [0.15, 0.2) is 48.5 Å². The summed E-state index contributed by atoms with van der Waals surface area (Å²) in [6, 6.07) is 13.6. The number of thiophene rings is 1. The third-order valence-corrected chi connectivity index (χ3v) is 6.23. The highest BCUT2D eigenvalue weighted by atomic mass is 32.1. The summed E-state index contributed by atoms with van der Waals surface area (Å²) in [7, 11) is 0. The van der Waals surface area contributed by atoms with Gasteiger partial charge >= 0.3 is 0 Å². The van der Waals surface area contributed by atoms with Crippen LogP contribution in [-0.4, -0.2) is 36.3 Å². The van der Waals surface area contributed by atoms with E-state index >= 15 is 0 Å². The Morgan fingerprint density at radius 3 is 2.68 bits per heavy atom. The van der Waals surface area contributed by atoms with Crippen molar-refractivity contribution in [3.63, 3.8) is 0 Å². The Morgan fingerprint density at radius 2 is 1.93 bits per heavy atom. The van der Waals surface area contributed by atoms with Gasteiger partial charge in [0.25, 0.3) is 5.91 Å². The number of nitrogens with two attached hydrogens (primary N) is 1. The Kier molecular flexibility index (Phi) is 5.11. The van der Waals surface area contributed by atoms with Crippen LogP contribution in [-0.2, 0) is 4.79 Å². The number of rotatable bonds is 5. The molecule has 7 heteroatoms. The van der Waals surface area contributed by atoms with Gasteiger partial charge in [0.1, 0.15) is 5.82 Å². The van der Waals surface area contributed by atoms with E-state index in [2.05, 4.69) is 10.2 Å². The van der Waals surface area contributed by atoms with Crippen LogP contribution in [0.3, 0.4) is 0 Å². The zero-order valence-electron chi connectivity index (χ0n) is 15.2. The van der Waals surface area contributed by atoms with Crippen LogP contribution >= 0.6 is 11.3 Å². The number of carbonyl (C=O) groups excluding carboxylic acids is 2. The van der Waals surface area contributed by atoms with E-state index in [1.165, 1.54) is 35.6 Å². The van der Waals surface area contributed by atoms with E-state index in [9.17, 15) is 14.0 Å². The summed E-state index contributed by atoms with van der Waals surface area (Å²) < 4.78 is 14.0. The SMILES string of the molecule is NC(=O)c1sc2ccccc2c1[C@H]1CCN(CC(=O)Nc2ccc(F)cc2)C1. The van der Waals surface area contributed by atoms with E-state index in [4.69, 9.17) is 5.73 Å². The number of halogens is 1. The molecule has 1 aliphatic rings. The van der Waals surface area contributed by atoms with Crippen molar-refractivity contribution in [2.45, 2.75) is 12.3 Å². The maximum atomic E-state index is 13.0. The smallest absolute Gasteiger partial charge is 0.259 e. The largest absolute Gasteiger partial charge is 0.365 e. The molecule has 1 aliphatic heterocycles. The van der Waals surface area contributed by atoms with Crippen LogP contribution in [0.4, 0.5) is 10.1 Å². The van der Waals surface area contributed by atoms with Crippen LogP contribution in [0, 0.1) is 5.82 Å². The van der Waals surface area contributed by atoms with E-state index in [-0.39, 0.29) is 24.2 Å². The van der Waals surface area contributed by atoms with Gasteiger partial charge in [-0.2, -0.15) is 0 Å². The molecule has 4 rings (SSSR count). The van der Waals surface area contributed by atoms with Crippen molar-refractivity contribution >= 4 is 38.9 Å². The Bertz CT molecular complexity index is 1030. The maximum absolute atomic E-state index is 13.0. The number of amides is 2. The summed E-state index contributed by atoms with van der Waals surface area (Å²) in [5.74, 6) is -0.716. The molecule has 0 aliphatic carbocycles. The number of anilines is 1. The van der Waals surface area contributed by atoms with Crippen LogP contribution in [0.1, 0.15) is 27.6 Å². The van der Waals surface area contributed by atoms with Gasteiger partial charge in [0, 0.05) is 22.8 Å². The molecule has 3 N–H and O–H groups in total. The normalized spacial score (nSPS) is 17.1. The monoisotopic (exact) mass is 397 g/mol. The predicted molar refractivity (Wildman–Crippen MR) is 109 cm³/mol. The summed E-state index contributed by atoms with van der Waals surface area (Å²) in [4.78, 5) is 27.0. The fourth-order valence-corrected chi connectivity index (χ4v) is 4.94. The van der Waals surface area contributed by atoms with E-state index < -0.39 is 5.91 Å². The number of fused-ring (bicyclic) bond motifs is 1. The van der Waals surface area contributed by atoms with Gasteiger partial charge in [-0.15, -0.1) is 11.3 Å². The number of nitrogens with zero attached hydrogens (tertiary/aromatic N) is 1.